The molecule has 1 amide bonds. The highest BCUT2D eigenvalue weighted by molar-refractivity contribution is 5.76. The highest BCUT2D eigenvalue weighted by Gasteiger charge is 2.11. The Hall–Kier alpha value is -1.96. The summed E-state index contributed by atoms with van der Waals surface area (Å²) in [6, 6.07) is 4.62. The van der Waals surface area contributed by atoms with E-state index in [2.05, 4.69) is 5.32 Å². The molecular weight excluding hydrogens is 250 g/mol. The summed E-state index contributed by atoms with van der Waals surface area (Å²) in [6.07, 6.45) is 1.51. The van der Waals surface area contributed by atoms with Crippen LogP contribution in [0.1, 0.15) is 31.7 Å². The third-order valence-corrected chi connectivity index (χ3v) is 2.70. The normalized spacial score (nSPS) is 11.7. The van der Waals surface area contributed by atoms with Crippen LogP contribution in [-0.4, -0.2) is 11.9 Å². The largest absolute Gasteiger partial charge is 0.340 e. The van der Waals surface area contributed by atoms with Gasteiger partial charge in [-0.3, -0.25) is 4.79 Å². The average Bonchev–Trinajstić information content (AvgIpc) is 2.39. The van der Waals surface area contributed by atoms with E-state index in [0.29, 0.717) is 6.42 Å². The Morgan fingerprint density at radius 1 is 1.47 bits per heavy atom. The van der Waals surface area contributed by atoms with Gasteiger partial charge in [-0.15, -0.1) is 0 Å². The first-order chi connectivity index (χ1) is 9.06. The van der Waals surface area contributed by atoms with Crippen molar-refractivity contribution >= 4 is 5.91 Å². The third kappa shape index (κ3) is 5.04. The number of hydrogen-bond donors (Lipinski definition) is 1. The topological polar surface area (TPSA) is 52.9 Å². The van der Waals surface area contributed by atoms with E-state index < -0.39 is 17.7 Å². The molecule has 0 aliphatic rings. The molecule has 0 saturated heterocycles. The van der Waals surface area contributed by atoms with Crippen molar-refractivity contribution in [2.45, 2.75) is 38.6 Å². The molecule has 0 aliphatic carbocycles. The van der Waals surface area contributed by atoms with Gasteiger partial charge in [0.15, 0.2) is 0 Å². The molecule has 1 aromatic rings. The van der Waals surface area contributed by atoms with Crippen molar-refractivity contribution in [2.75, 3.05) is 0 Å². The Balaban J connectivity index is 2.50. The molecule has 1 atom stereocenters. The van der Waals surface area contributed by atoms with Crippen molar-refractivity contribution in [3.05, 3.63) is 35.4 Å². The number of aryl methyl sites for hydroxylation is 1. The van der Waals surface area contributed by atoms with Crippen LogP contribution in [0.2, 0.25) is 0 Å². The van der Waals surface area contributed by atoms with E-state index in [-0.39, 0.29) is 24.3 Å². The van der Waals surface area contributed by atoms with Crippen LogP contribution in [0.15, 0.2) is 18.2 Å². The van der Waals surface area contributed by atoms with Crippen molar-refractivity contribution in [3.8, 4) is 6.07 Å². The smallest absolute Gasteiger partial charge is 0.221 e. The predicted octanol–water partition coefficient (Wildman–Crippen LogP) is 2.71. The zero-order chi connectivity index (χ0) is 14.3. The van der Waals surface area contributed by atoms with Gasteiger partial charge in [-0.25, -0.2) is 8.78 Å². The minimum atomic E-state index is -0.530. The number of hydrogen-bond acceptors (Lipinski definition) is 2. The van der Waals surface area contributed by atoms with Crippen LogP contribution in [0.25, 0.3) is 0 Å². The van der Waals surface area contributed by atoms with E-state index in [0.717, 1.165) is 24.6 Å². The summed E-state index contributed by atoms with van der Waals surface area (Å²) in [5.41, 5.74) is 0.166. The van der Waals surface area contributed by atoms with Gasteiger partial charge in [-0.2, -0.15) is 5.26 Å². The zero-order valence-corrected chi connectivity index (χ0v) is 10.7. The molecule has 102 valence electrons. The van der Waals surface area contributed by atoms with Crippen LogP contribution in [0.3, 0.4) is 0 Å². The first kappa shape index (κ1) is 15.1. The minimum Gasteiger partial charge on any atom is -0.340 e. The molecule has 1 N–H and O–H groups in total. The third-order valence-electron chi connectivity index (χ3n) is 2.70. The van der Waals surface area contributed by atoms with Gasteiger partial charge in [0.2, 0.25) is 5.91 Å². The van der Waals surface area contributed by atoms with Crippen LogP contribution in [-0.2, 0) is 11.2 Å². The lowest BCUT2D eigenvalue weighted by atomic mass is 10.1. The van der Waals surface area contributed by atoms with Gasteiger partial charge in [-0.1, -0.05) is 13.3 Å². The summed E-state index contributed by atoms with van der Waals surface area (Å²) >= 11 is 0. The molecule has 0 aromatic heterocycles. The van der Waals surface area contributed by atoms with Crippen molar-refractivity contribution in [3.63, 3.8) is 0 Å². The molecule has 0 saturated carbocycles. The maximum absolute atomic E-state index is 13.3. The average molecular weight is 266 g/mol. The highest BCUT2D eigenvalue weighted by atomic mass is 19.1. The fraction of sp³-hybridized carbons (Fsp3) is 0.429. The summed E-state index contributed by atoms with van der Waals surface area (Å²) in [5, 5.41) is 11.4. The van der Waals surface area contributed by atoms with E-state index in [1.807, 2.05) is 13.0 Å². The SMILES string of the molecule is CCC[C@@H](C#N)NC(=O)CCc1cc(F)ccc1F. The van der Waals surface area contributed by atoms with E-state index in [9.17, 15) is 13.6 Å². The highest BCUT2D eigenvalue weighted by Crippen LogP contribution is 2.11. The number of rotatable bonds is 6. The van der Waals surface area contributed by atoms with E-state index in [1.165, 1.54) is 0 Å². The Labute approximate surface area is 111 Å². The van der Waals surface area contributed by atoms with Crippen LogP contribution in [0.4, 0.5) is 8.78 Å². The first-order valence-electron chi connectivity index (χ1n) is 6.19. The van der Waals surface area contributed by atoms with Crippen LogP contribution in [0.5, 0.6) is 0 Å². The van der Waals surface area contributed by atoms with Crippen molar-refractivity contribution in [1.82, 2.24) is 5.32 Å². The number of halogens is 2. The van der Waals surface area contributed by atoms with E-state index >= 15 is 0 Å². The molecule has 0 spiro atoms. The second-order valence-electron chi connectivity index (χ2n) is 4.27. The molecule has 1 aromatic carbocycles. The first-order valence-corrected chi connectivity index (χ1v) is 6.19. The lowest BCUT2D eigenvalue weighted by molar-refractivity contribution is -0.121. The van der Waals surface area contributed by atoms with E-state index in [1.54, 1.807) is 0 Å². The molecule has 3 nitrogen and oxygen atoms in total. The van der Waals surface area contributed by atoms with Gasteiger partial charge in [0.25, 0.3) is 0 Å². The fourth-order valence-electron chi connectivity index (χ4n) is 1.71. The van der Waals surface area contributed by atoms with Crippen molar-refractivity contribution < 1.29 is 13.6 Å². The van der Waals surface area contributed by atoms with Crippen LogP contribution in [0, 0.1) is 23.0 Å². The summed E-state index contributed by atoms with van der Waals surface area (Å²) < 4.78 is 26.2. The maximum atomic E-state index is 13.3. The molecule has 0 radical (unpaired) electrons. The zero-order valence-electron chi connectivity index (χ0n) is 10.7. The number of nitrogens with zero attached hydrogens (tertiary/aromatic N) is 1. The predicted molar refractivity (Wildman–Crippen MR) is 67.1 cm³/mol. The molecule has 0 aliphatic heterocycles. The quantitative estimate of drug-likeness (QED) is 0.860. The Morgan fingerprint density at radius 3 is 2.84 bits per heavy atom. The van der Waals surface area contributed by atoms with Gasteiger partial charge in [0.05, 0.1) is 6.07 Å². The number of carbonyl (C=O) groups is 1. The summed E-state index contributed by atoms with van der Waals surface area (Å²) in [7, 11) is 0. The number of nitrogens with one attached hydrogen (secondary N) is 1. The number of carbonyl (C=O) groups excluding carboxylic acids is 1. The van der Waals surface area contributed by atoms with Crippen LogP contribution >= 0.6 is 0 Å². The molecule has 5 heteroatoms. The Morgan fingerprint density at radius 2 is 2.21 bits per heavy atom. The van der Waals surface area contributed by atoms with Crippen LogP contribution < -0.4 is 5.32 Å². The molecule has 1 rings (SSSR count). The Bertz CT molecular complexity index is 483. The van der Waals surface area contributed by atoms with Gasteiger partial charge >= 0.3 is 0 Å². The fourth-order valence-corrected chi connectivity index (χ4v) is 1.71. The van der Waals surface area contributed by atoms with Crippen molar-refractivity contribution in [2.24, 2.45) is 0 Å². The maximum Gasteiger partial charge on any atom is 0.221 e. The number of nitriles is 1. The lowest BCUT2D eigenvalue weighted by Crippen LogP contribution is -2.33. The molecule has 19 heavy (non-hydrogen) atoms. The summed E-state index contributed by atoms with van der Waals surface area (Å²) in [4.78, 5) is 11.6. The van der Waals surface area contributed by atoms with Gasteiger partial charge in [0, 0.05) is 6.42 Å². The standard InChI is InChI=1S/C14H16F2N2O/c1-2-3-12(9-17)18-14(19)7-4-10-8-11(15)5-6-13(10)16/h5-6,8,12H,2-4,7H2,1H3,(H,18,19)/t12-/m0/s1. The second-order valence-corrected chi connectivity index (χ2v) is 4.27. The Kier molecular flexibility index (Phi) is 5.94. The number of amides is 1. The molecule has 0 unspecified atom stereocenters. The number of benzene rings is 1. The van der Waals surface area contributed by atoms with Gasteiger partial charge < -0.3 is 5.32 Å². The molecule has 0 bridgehead atoms. The van der Waals surface area contributed by atoms with Gasteiger partial charge in [-0.05, 0) is 36.6 Å². The minimum absolute atomic E-state index is 0.0300. The summed E-state index contributed by atoms with van der Waals surface area (Å²) in [5.74, 6) is -1.39. The van der Waals surface area contributed by atoms with Gasteiger partial charge in [0.1, 0.15) is 17.7 Å². The lowest BCUT2D eigenvalue weighted by Gasteiger charge is -2.10. The molecule has 0 fully saturated rings. The van der Waals surface area contributed by atoms with Crippen molar-refractivity contribution in [1.29, 1.82) is 5.26 Å². The monoisotopic (exact) mass is 266 g/mol. The summed E-state index contributed by atoms with van der Waals surface area (Å²) in [6.45, 7) is 1.92. The molecular formula is C14H16F2N2O. The second kappa shape index (κ2) is 7.47. The van der Waals surface area contributed by atoms with E-state index in [4.69, 9.17) is 5.26 Å². The molecule has 0 heterocycles.